The Hall–Kier alpha value is -5.17. The van der Waals surface area contributed by atoms with Crippen molar-refractivity contribution in [3.63, 3.8) is 0 Å². The number of hydrogen-bond donors (Lipinski definition) is 8. The van der Waals surface area contributed by atoms with Crippen LogP contribution in [0.1, 0.15) is 30.9 Å². The van der Waals surface area contributed by atoms with Crippen LogP contribution in [0, 0.1) is 0 Å². The second kappa shape index (κ2) is 13.7. The minimum absolute atomic E-state index is 0.0416. The highest BCUT2D eigenvalue weighted by Crippen LogP contribution is 2.21. The zero-order valence-corrected chi connectivity index (χ0v) is 23.4. The van der Waals surface area contributed by atoms with Crippen molar-refractivity contribution in [2.24, 2.45) is 5.73 Å². The molecule has 2 aromatic carbocycles. The van der Waals surface area contributed by atoms with E-state index in [1.54, 1.807) is 12.4 Å². The van der Waals surface area contributed by atoms with Crippen LogP contribution in [0.15, 0.2) is 60.9 Å². The molecule has 4 aromatic rings. The van der Waals surface area contributed by atoms with E-state index < -0.39 is 60.2 Å². The maximum Gasteiger partial charge on any atom is 0.326 e. The third kappa shape index (κ3) is 7.77. The fourth-order valence-electron chi connectivity index (χ4n) is 4.83. The first-order valence-electron chi connectivity index (χ1n) is 13.7. The van der Waals surface area contributed by atoms with Crippen LogP contribution in [0.2, 0.25) is 0 Å². The van der Waals surface area contributed by atoms with E-state index in [0.717, 1.165) is 27.4 Å². The van der Waals surface area contributed by atoms with Crippen molar-refractivity contribution in [1.29, 1.82) is 0 Å². The van der Waals surface area contributed by atoms with Crippen molar-refractivity contribution < 1.29 is 34.2 Å². The van der Waals surface area contributed by atoms with Crippen molar-refractivity contribution in [2.45, 2.75) is 56.8 Å². The quantitative estimate of drug-likeness (QED) is 0.106. The molecule has 2 aromatic heterocycles. The lowest BCUT2D eigenvalue weighted by Gasteiger charge is -2.25. The number of para-hydroxylation sites is 2. The van der Waals surface area contributed by atoms with E-state index in [-0.39, 0.29) is 19.3 Å². The molecule has 0 aliphatic rings. The standard InChI is InChI=1S/C30H34N6O7/c1-16(31)27(39)35-24(12-17-14-32-21-8-4-2-6-19(17)21)29(41)34-23(10-11-26(37)38)28(40)36-25(30(42)43)13-18-15-33-22-9-5-3-7-20(18)22/h2-9,14-16,23-25,32-33H,10-13,31H2,1H3,(H,34,41)(H,35,39)(H,36,40)(H,37,38)(H,42,43). The molecule has 0 saturated carbocycles. The van der Waals surface area contributed by atoms with Crippen molar-refractivity contribution in [3.8, 4) is 0 Å². The van der Waals surface area contributed by atoms with E-state index >= 15 is 0 Å². The number of fused-ring (bicyclic) bond motifs is 2. The predicted octanol–water partition coefficient (Wildman–Crippen LogP) is 1.19. The number of rotatable bonds is 14. The number of aliphatic carboxylic acids is 2. The number of nitrogens with one attached hydrogen (secondary N) is 5. The number of aromatic amines is 2. The molecule has 13 heteroatoms. The van der Waals surface area contributed by atoms with Gasteiger partial charge in [0.05, 0.1) is 6.04 Å². The van der Waals surface area contributed by atoms with Gasteiger partial charge in [0, 0.05) is 53.5 Å². The summed E-state index contributed by atoms with van der Waals surface area (Å²) in [4.78, 5) is 69.0. The van der Waals surface area contributed by atoms with Gasteiger partial charge < -0.3 is 41.9 Å². The predicted molar refractivity (Wildman–Crippen MR) is 158 cm³/mol. The van der Waals surface area contributed by atoms with Crippen LogP contribution in [0.25, 0.3) is 21.8 Å². The molecule has 4 atom stereocenters. The minimum Gasteiger partial charge on any atom is -0.481 e. The molecule has 4 rings (SSSR count). The molecule has 43 heavy (non-hydrogen) atoms. The van der Waals surface area contributed by atoms with Gasteiger partial charge in [0.2, 0.25) is 17.7 Å². The second-order valence-electron chi connectivity index (χ2n) is 10.4. The average molecular weight is 591 g/mol. The third-order valence-corrected chi connectivity index (χ3v) is 7.14. The Morgan fingerprint density at radius 1 is 0.721 bits per heavy atom. The topological polar surface area (TPSA) is 219 Å². The zero-order valence-electron chi connectivity index (χ0n) is 23.4. The Morgan fingerprint density at radius 2 is 1.19 bits per heavy atom. The zero-order chi connectivity index (χ0) is 31.1. The number of carbonyl (C=O) groups is 5. The number of nitrogens with two attached hydrogens (primary N) is 1. The lowest BCUT2D eigenvalue weighted by molar-refractivity contribution is -0.143. The number of carboxylic acid groups (broad SMARTS) is 2. The van der Waals surface area contributed by atoms with Crippen LogP contribution in [-0.4, -0.2) is 74.0 Å². The Morgan fingerprint density at radius 3 is 1.70 bits per heavy atom. The molecular formula is C30H34N6O7. The lowest BCUT2D eigenvalue weighted by atomic mass is 10.0. The Labute approximate surface area is 246 Å². The number of H-pyrrole nitrogens is 2. The first kappa shape index (κ1) is 30.8. The van der Waals surface area contributed by atoms with Crippen LogP contribution in [0.3, 0.4) is 0 Å². The van der Waals surface area contributed by atoms with Crippen molar-refractivity contribution in [3.05, 3.63) is 72.1 Å². The molecule has 0 fully saturated rings. The minimum atomic E-state index is -1.40. The smallest absolute Gasteiger partial charge is 0.326 e. The summed E-state index contributed by atoms with van der Waals surface area (Å²) >= 11 is 0. The average Bonchev–Trinajstić information content (AvgIpc) is 3.58. The molecular weight excluding hydrogens is 556 g/mol. The largest absolute Gasteiger partial charge is 0.481 e. The number of benzene rings is 2. The molecule has 0 bridgehead atoms. The highest BCUT2D eigenvalue weighted by atomic mass is 16.4. The van der Waals surface area contributed by atoms with Crippen molar-refractivity contribution in [1.82, 2.24) is 25.9 Å². The molecule has 0 saturated heterocycles. The lowest BCUT2D eigenvalue weighted by Crippen LogP contribution is -2.57. The molecule has 3 amide bonds. The maximum atomic E-state index is 13.5. The number of carbonyl (C=O) groups excluding carboxylic acids is 3. The summed E-state index contributed by atoms with van der Waals surface area (Å²) in [5.74, 6) is -4.74. The van der Waals surface area contributed by atoms with Gasteiger partial charge in [0.25, 0.3) is 0 Å². The monoisotopic (exact) mass is 590 g/mol. The fourth-order valence-corrected chi connectivity index (χ4v) is 4.83. The molecule has 0 aliphatic heterocycles. The van der Waals surface area contributed by atoms with Gasteiger partial charge in [-0.1, -0.05) is 36.4 Å². The molecule has 2 heterocycles. The highest BCUT2D eigenvalue weighted by molar-refractivity contribution is 5.95. The van der Waals surface area contributed by atoms with Gasteiger partial charge in [-0.2, -0.15) is 0 Å². The first-order chi connectivity index (χ1) is 20.5. The Kier molecular flexibility index (Phi) is 9.78. The summed E-state index contributed by atoms with van der Waals surface area (Å²) < 4.78 is 0. The maximum absolute atomic E-state index is 13.5. The molecule has 0 radical (unpaired) electrons. The molecule has 0 spiro atoms. The molecule has 4 unspecified atom stereocenters. The van der Waals surface area contributed by atoms with Crippen molar-refractivity contribution >= 4 is 51.5 Å². The fraction of sp³-hybridized carbons (Fsp3) is 0.300. The second-order valence-corrected chi connectivity index (χ2v) is 10.4. The summed E-state index contributed by atoms with van der Waals surface area (Å²) in [6, 6.07) is 9.83. The number of aromatic nitrogens is 2. The SMILES string of the molecule is CC(N)C(=O)NC(Cc1c[nH]c2ccccc12)C(=O)NC(CCC(=O)O)C(=O)NC(Cc1c[nH]c2ccccc12)C(=O)O. The normalized spacial score (nSPS) is 14.0. The number of amides is 3. The van der Waals surface area contributed by atoms with Gasteiger partial charge in [0.15, 0.2) is 0 Å². The first-order valence-corrected chi connectivity index (χ1v) is 13.7. The van der Waals surface area contributed by atoms with Crippen LogP contribution in [0.5, 0.6) is 0 Å². The van der Waals surface area contributed by atoms with Crippen LogP contribution < -0.4 is 21.7 Å². The highest BCUT2D eigenvalue weighted by Gasteiger charge is 2.31. The van der Waals surface area contributed by atoms with Crippen LogP contribution >= 0.6 is 0 Å². The van der Waals surface area contributed by atoms with Crippen molar-refractivity contribution in [2.75, 3.05) is 0 Å². The van der Waals surface area contributed by atoms with Crippen LogP contribution in [-0.2, 0) is 36.8 Å². The summed E-state index contributed by atoms with van der Waals surface area (Å²) in [5, 5.41) is 28.3. The molecule has 0 aliphatic carbocycles. The molecule has 13 nitrogen and oxygen atoms in total. The Bertz CT molecular complexity index is 1640. The van der Waals surface area contributed by atoms with Gasteiger partial charge in [-0.05, 0) is 36.6 Å². The van der Waals surface area contributed by atoms with E-state index in [4.69, 9.17) is 5.73 Å². The summed E-state index contributed by atoms with van der Waals surface area (Å²) in [7, 11) is 0. The van der Waals surface area contributed by atoms with Gasteiger partial charge in [-0.15, -0.1) is 0 Å². The molecule has 226 valence electrons. The van der Waals surface area contributed by atoms with E-state index in [1.807, 2.05) is 48.5 Å². The van der Waals surface area contributed by atoms with E-state index in [1.165, 1.54) is 6.92 Å². The van der Waals surface area contributed by atoms with E-state index in [0.29, 0.717) is 5.56 Å². The van der Waals surface area contributed by atoms with Gasteiger partial charge in [-0.25, -0.2) is 4.79 Å². The van der Waals surface area contributed by atoms with Gasteiger partial charge in [-0.3, -0.25) is 19.2 Å². The third-order valence-electron chi connectivity index (χ3n) is 7.14. The summed E-state index contributed by atoms with van der Waals surface area (Å²) in [6.45, 7) is 1.46. The summed E-state index contributed by atoms with van der Waals surface area (Å²) in [6.07, 6.45) is 2.57. The van der Waals surface area contributed by atoms with Gasteiger partial charge in [0.1, 0.15) is 18.1 Å². The van der Waals surface area contributed by atoms with Crippen LogP contribution in [0.4, 0.5) is 0 Å². The number of hydrogen-bond acceptors (Lipinski definition) is 6. The summed E-state index contributed by atoms with van der Waals surface area (Å²) in [5.41, 5.74) is 8.72. The Balaban J connectivity index is 1.54. The molecule has 9 N–H and O–H groups in total. The van der Waals surface area contributed by atoms with E-state index in [2.05, 4.69) is 25.9 Å². The van der Waals surface area contributed by atoms with Gasteiger partial charge >= 0.3 is 11.9 Å². The van der Waals surface area contributed by atoms with E-state index in [9.17, 15) is 34.2 Å². The number of carboxylic acids is 2.